The Labute approximate surface area is 95.5 Å². The molecular weight excluding hydrogens is 230 g/mol. The van der Waals surface area contributed by atoms with Crippen LogP contribution in [0.1, 0.15) is 13.8 Å². The van der Waals surface area contributed by atoms with E-state index in [1.54, 1.807) is 13.8 Å². The smallest absolute Gasteiger partial charge is 0.246 e. The molecular formula is C9H17N3O3S. The number of nitrogens with zero attached hydrogens (tertiary/aromatic N) is 3. The molecule has 0 bridgehead atoms. The molecule has 1 N–H and O–H groups in total. The lowest BCUT2D eigenvalue weighted by Crippen LogP contribution is -2.32. The average molecular weight is 247 g/mol. The number of aliphatic hydroxyl groups excluding tert-OH is 1. The van der Waals surface area contributed by atoms with Gasteiger partial charge in [-0.2, -0.15) is 9.40 Å². The highest BCUT2D eigenvalue weighted by molar-refractivity contribution is 7.89. The summed E-state index contributed by atoms with van der Waals surface area (Å²) in [6, 6.07) is -0.105. The highest BCUT2D eigenvalue weighted by Gasteiger charge is 2.24. The van der Waals surface area contributed by atoms with Crippen LogP contribution in [-0.2, 0) is 16.6 Å². The van der Waals surface area contributed by atoms with Crippen LogP contribution in [0.2, 0.25) is 0 Å². The van der Waals surface area contributed by atoms with Crippen molar-refractivity contribution in [3.63, 3.8) is 0 Å². The van der Waals surface area contributed by atoms with E-state index >= 15 is 0 Å². The summed E-state index contributed by atoms with van der Waals surface area (Å²) in [5.74, 6) is 0. The Hall–Kier alpha value is -0.920. The first kappa shape index (κ1) is 13.1. The predicted octanol–water partition coefficient (Wildman–Crippen LogP) is -0.0957. The number of hydrogen-bond acceptors (Lipinski definition) is 4. The molecule has 0 radical (unpaired) electrons. The van der Waals surface area contributed by atoms with Gasteiger partial charge in [0.1, 0.15) is 4.90 Å². The van der Waals surface area contributed by atoms with E-state index in [4.69, 9.17) is 5.11 Å². The molecule has 0 unspecified atom stereocenters. The quantitative estimate of drug-likeness (QED) is 0.788. The number of rotatable bonds is 5. The van der Waals surface area contributed by atoms with E-state index in [1.165, 1.54) is 28.4 Å². The maximum atomic E-state index is 12.0. The molecule has 0 saturated heterocycles. The van der Waals surface area contributed by atoms with E-state index in [2.05, 4.69) is 5.10 Å². The highest BCUT2D eigenvalue weighted by Crippen LogP contribution is 2.15. The second kappa shape index (κ2) is 4.94. The molecule has 1 aromatic rings. The lowest BCUT2D eigenvalue weighted by atomic mass is 10.4. The summed E-state index contributed by atoms with van der Waals surface area (Å²) in [5.41, 5.74) is 0. The Morgan fingerprint density at radius 3 is 2.69 bits per heavy atom. The lowest BCUT2D eigenvalue weighted by molar-refractivity contribution is 0.269. The Morgan fingerprint density at radius 1 is 1.56 bits per heavy atom. The van der Waals surface area contributed by atoms with Crippen LogP contribution >= 0.6 is 0 Å². The molecule has 0 atom stereocenters. The third kappa shape index (κ3) is 2.60. The molecule has 0 fully saturated rings. The Bertz CT molecular complexity index is 439. The zero-order chi connectivity index (χ0) is 12.3. The van der Waals surface area contributed by atoms with Crippen molar-refractivity contribution >= 4 is 10.0 Å². The summed E-state index contributed by atoms with van der Waals surface area (Å²) in [7, 11) is -1.94. The fourth-order valence-electron chi connectivity index (χ4n) is 1.15. The topological polar surface area (TPSA) is 75.4 Å². The zero-order valence-electron chi connectivity index (χ0n) is 9.66. The van der Waals surface area contributed by atoms with Crippen molar-refractivity contribution in [3.05, 3.63) is 12.4 Å². The molecule has 1 rings (SSSR count). The summed E-state index contributed by atoms with van der Waals surface area (Å²) >= 11 is 0. The number of aromatic nitrogens is 2. The molecule has 0 aliphatic rings. The number of hydrogen-bond donors (Lipinski definition) is 1. The van der Waals surface area contributed by atoms with Crippen LogP contribution in [-0.4, -0.2) is 47.3 Å². The standard InChI is InChI=1S/C9H17N3O3S/c1-8(2)11(3)16(14,15)9-6-10-12(7-9)4-5-13/h6-8,13H,4-5H2,1-3H3. The van der Waals surface area contributed by atoms with E-state index < -0.39 is 10.0 Å². The molecule has 0 aliphatic carbocycles. The molecule has 1 aromatic heterocycles. The molecule has 0 saturated carbocycles. The Morgan fingerprint density at radius 2 is 2.19 bits per heavy atom. The molecule has 0 aliphatic heterocycles. The van der Waals surface area contributed by atoms with Gasteiger partial charge >= 0.3 is 0 Å². The van der Waals surface area contributed by atoms with E-state index in [1.807, 2.05) is 0 Å². The summed E-state index contributed by atoms with van der Waals surface area (Å²) in [4.78, 5) is 0.150. The normalized spacial score (nSPS) is 12.6. The number of aliphatic hydroxyl groups is 1. The van der Waals surface area contributed by atoms with Gasteiger partial charge in [0, 0.05) is 19.3 Å². The molecule has 1 heterocycles. The van der Waals surface area contributed by atoms with Crippen molar-refractivity contribution in [1.82, 2.24) is 14.1 Å². The third-order valence-electron chi connectivity index (χ3n) is 2.34. The maximum Gasteiger partial charge on any atom is 0.246 e. The van der Waals surface area contributed by atoms with Gasteiger partial charge in [0.25, 0.3) is 0 Å². The van der Waals surface area contributed by atoms with Gasteiger partial charge in [-0.05, 0) is 13.8 Å². The Kier molecular flexibility index (Phi) is 4.06. The fourth-order valence-corrected chi connectivity index (χ4v) is 2.47. The number of sulfonamides is 1. The first-order valence-corrected chi connectivity index (χ1v) is 6.45. The van der Waals surface area contributed by atoms with Crippen LogP contribution < -0.4 is 0 Å². The van der Waals surface area contributed by atoms with Crippen LogP contribution in [0.4, 0.5) is 0 Å². The maximum absolute atomic E-state index is 12.0. The van der Waals surface area contributed by atoms with Crippen LogP contribution in [0, 0.1) is 0 Å². The molecule has 7 heteroatoms. The van der Waals surface area contributed by atoms with Gasteiger partial charge in [-0.3, -0.25) is 4.68 Å². The van der Waals surface area contributed by atoms with Crippen LogP contribution in [0.3, 0.4) is 0 Å². The second-order valence-electron chi connectivity index (χ2n) is 3.78. The average Bonchev–Trinajstić information content (AvgIpc) is 2.66. The fraction of sp³-hybridized carbons (Fsp3) is 0.667. The van der Waals surface area contributed by atoms with Crippen molar-refractivity contribution in [3.8, 4) is 0 Å². The van der Waals surface area contributed by atoms with Crippen LogP contribution in [0.5, 0.6) is 0 Å². The zero-order valence-corrected chi connectivity index (χ0v) is 10.5. The van der Waals surface area contributed by atoms with E-state index in [-0.39, 0.29) is 17.5 Å². The van der Waals surface area contributed by atoms with E-state index in [0.29, 0.717) is 6.54 Å². The lowest BCUT2D eigenvalue weighted by Gasteiger charge is -2.19. The molecule has 0 spiro atoms. The molecule has 6 nitrogen and oxygen atoms in total. The summed E-state index contributed by atoms with van der Waals surface area (Å²) in [6.45, 7) is 3.83. The van der Waals surface area contributed by atoms with Crippen LogP contribution in [0.15, 0.2) is 17.3 Å². The Balaban J connectivity index is 2.98. The monoisotopic (exact) mass is 247 g/mol. The first-order chi connectivity index (χ1) is 7.39. The van der Waals surface area contributed by atoms with Gasteiger partial charge in [-0.15, -0.1) is 0 Å². The van der Waals surface area contributed by atoms with Gasteiger partial charge in [0.05, 0.1) is 19.3 Å². The third-order valence-corrected chi connectivity index (χ3v) is 4.33. The minimum absolute atomic E-state index is 0.0683. The van der Waals surface area contributed by atoms with Crippen molar-refractivity contribution < 1.29 is 13.5 Å². The van der Waals surface area contributed by atoms with Gasteiger partial charge < -0.3 is 5.11 Å². The summed E-state index contributed by atoms with van der Waals surface area (Å²) in [6.07, 6.45) is 2.72. The van der Waals surface area contributed by atoms with Gasteiger partial charge in [0.15, 0.2) is 0 Å². The van der Waals surface area contributed by atoms with Crippen molar-refractivity contribution in [2.45, 2.75) is 31.3 Å². The van der Waals surface area contributed by atoms with E-state index in [0.717, 1.165) is 0 Å². The minimum Gasteiger partial charge on any atom is -0.394 e. The van der Waals surface area contributed by atoms with Crippen molar-refractivity contribution in [2.24, 2.45) is 0 Å². The molecule has 16 heavy (non-hydrogen) atoms. The predicted molar refractivity (Wildman–Crippen MR) is 59.4 cm³/mol. The largest absolute Gasteiger partial charge is 0.394 e. The summed E-state index contributed by atoms with van der Waals surface area (Å²) < 4.78 is 26.7. The minimum atomic E-state index is -3.47. The van der Waals surface area contributed by atoms with Crippen molar-refractivity contribution in [1.29, 1.82) is 0 Å². The molecule has 0 amide bonds. The van der Waals surface area contributed by atoms with E-state index in [9.17, 15) is 8.42 Å². The summed E-state index contributed by atoms with van der Waals surface area (Å²) in [5, 5.41) is 12.6. The molecule has 92 valence electrons. The first-order valence-electron chi connectivity index (χ1n) is 5.01. The van der Waals surface area contributed by atoms with Gasteiger partial charge in [-0.25, -0.2) is 8.42 Å². The highest BCUT2D eigenvalue weighted by atomic mass is 32.2. The van der Waals surface area contributed by atoms with Crippen molar-refractivity contribution in [2.75, 3.05) is 13.7 Å². The second-order valence-corrected chi connectivity index (χ2v) is 5.78. The SMILES string of the molecule is CC(C)N(C)S(=O)(=O)c1cnn(CCO)c1. The molecule has 0 aromatic carbocycles. The van der Waals surface area contributed by atoms with Gasteiger partial charge in [0.2, 0.25) is 10.0 Å². The van der Waals surface area contributed by atoms with Gasteiger partial charge in [-0.1, -0.05) is 0 Å². The van der Waals surface area contributed by atoms with Crippen LogP contribution in [0.25, 0.3) is 0 Å².